The van der Waals surface area contributed by atoms with E-state index < -0.39 is 0 Å². The molecule has 0 saturated heterocycles. The van der Waals surface area contributed by atoms with Gasteiger partial charge in [-0.25, -0.2) is 0 Å². The maximum absolute atomic E-state index is 12.9. The number of ketones is 1. The lowest BCUT2D eigenvalue weighted by Crippen LogP contribution is -2.07. The molecule has 3 aromatic rings. The molecule has 0 amide bonds. The minimum absolute atomic E-state index is 0.0974. The van der Waals surface area contributed by atoms with Crippen LogP contribution in [-0.4, -0.2) is 12.3 Å². The number of anilines is 1. The second kappa shape index (κ2) is 8.34. The maximum Gasteiger partial charge on any atom is 0.230 e. The number of halogens is 1. The Kier molecular flexibility index (Phi) is 5.92. The van der Waals surface area contributed by atoms with Gasteiger partial charge in [-0.15, -0.1) is 0 Å². The molecule has 0 aliphatic heterocycles. The monoisotopic (exact) mass is 399 g/mol. The van der Waals surface area contributed by atoms with E-state index in [2.05, 4.69) is 28.2 Å². The van der Waals surface area contributed by atoms with E-state index in [1.165, 1.54) is 19.3 Å². The van der Waals surface area contributed by atoms with E-state index in [-0.39, 0.29) is 5.78 Å². The molecule has 2 aromatic carbocycles. The summed E-state index contributed by atoms with van der Waals surface area (Å²) in [6.07, 6.45) is 4.72. The molecule has 0 saturated carbocycles. The highest BCUT2D eigenvalue weighted by molar-refractivity contribution is 9.10. The summed E-state index contributed by atoms with van der Waals surface area (Å²) >= 11 is 3.40. The van der Waals surface area contributed by atoms with Crippen LogP contribution in [0.4, 0.5) is 5.69 Å². The molecule has 1 N–H and O–H groups in total. The molecule has 130 valence electrons. The number of benzene rings is 2. The van der Waals surface area contributed by atoms with Gasteiger partial charge in [0.15, 0.2) is 5.76 Å². The van der Waals surface area contributed by atoms with E-state index in [4.69, 9.17) is 4.42 Å². The van der Waals surface area contributed by atoms with Crippen molar-refractivity contribution in [2.45, 2.75) is 32.6 Å². The topological polar surface area (TPSA) is 42.2 Å². The van der Waals surface area contributed by atoms with Crippen molar-refractivity contribution in [2.75, 3.05) is 11.9 Å². The molecule has 1 heterocycles. The zero-order valence-corrected chi connectivity index (χ0v) is 15.9. The summed E-state index contributed by atoms with van der Waals surface area (Å²) in [5.41, 5.74) is 2.16. The van der Waals surface area contributed by atoms with E-state index in [1.54, 1.807) is 0 Å². The first kappa shape index (κ1) is 17.7. The van der Waals surface area contributed by atoms with E-state index in [0.717, 1.165) is 34.1 Å². The SMILES string of the molecule is CCCCCCNc1c(C(=O)c2ccc(Br)cc2)oc2ccccc12. The van der Waals surface area contributed by atoms with Gasteiger partial charge in [-0.3, -0.25) is 4.79 Å². The molecule has 25 heavy (non-hydrogen) atoms. The number of carbonyl (C=O) groups is 1. The average Bonchev–Trinajstić information content (AvgIpc) is 3.00. The largest absolute Gasteiger partial charge is 0.450 e. The van der Waals surface area contributed by atoms with Gasteiger partial charge in [-0.05, 0) is 42.8 Å². The van der Waals surface area contributed by atoms with Crippen LogP contribution in [0.2, 0.25) is 0 Å². The van der Waals surface area contributed by atoms with Gasteiger partial charge in [0.25, 0.3) is 0 Å². The van der Waals surface area contributed by atoms with Gasteiger partial charge in [-0.1, -0.05) is 54.2 Å². The zero-order valence-electron chi connectivity index (χ0n) is 14.3. The Bertz CT molecular complexity index is 852. The third-order valence-corrected chi connectivity index (χ3v) is 4.77. The minimum Gasteiger partial charge on any atom is -0.450 e. The molecule has 0 bridgehead atoms. The summed E-state index contributed by atoms with van der Waals surface area (Å²) in [5, 5.41) is 4.39. The highest BCUT2D eigenvalue weighted by Crippen LogP contribution is 2.32. The Morgan fingerprint density at radius 2 is 1.80 bits per heavy atom. The fourth-order valence-corrected chi connectivity index (χ4v) is 3.14. The molecule has 3 nitrogen and oxygen atoms in total. The van der Waals surface area contributed by atoms with Crippen LogP contribution >= 0.6 is 15.9 Å². The summed E-state index contributed by atoms with van der Waals surface area (Å²) in [6, 6.07) is 15.1. The molecule has 0 aliphatic rings. The second-order valence-electron chi connectivity index (χ2n) is 6.13. The first-order valence-corrected chi connectivity index (χ1v) is 9.55. The maximum atomic E-state index is 12.9. The second-order valence-corrected chi connectivity index (χ2v) is 7.04. The predicted molar refractivity (Wildman–Crippen MR) is 106 cm³/mol. The molecule has 0 spiro atoms. The van der Waals surface area contributed by atoms with Crippen molar-refractivity contribution in [2.24, 2.45) is 0 Å². The van der Waals surface area contributed by atoms with Crippen molar-refractivity contribution in [1.82, 2.24) is 0 Å². The normalized spacial score (nSPS) is 11.0. The quantitative estimate of drug-likeness (QED) is 0.351. The summed E-state index contributed by atoms with van der Waals surface area (Å²) in [7, 11) is 0. The summed E-state index contributed by atoms with van der Waals surface area (Å²) < 4.78 is 6.85. The fourth-order valence-electron chi connectivity index (χ4n) is 2.88. The van der Waals surface area contributed by atoms with E-state index in [9.17, 15) is 4.79 Å². The highest BCUT2D eigenvalue weighted by Gasteiger charge is 2.21. The molecule has 0 unspecified atom stereocenters. The first-order valence-electron chi connectivity index (χ1n) is 8.76. The van der Waals surface area contributed by atoms with Crippen LogP contribution in [-0.2, 0) is 0 Å². The van der Waals surface area contributed by atoms with Crippen LogP contribution in [0.1, 0.15) is 48.7 Å². The third-order valence-electron chi connectivity index (χ3n) is 4.24. The van der Waals surface area contributed by atoms with Gasteiger partial charge in [-0.2, -0.15) is 0 Å². The van der Waals surface area contributed by atoms with Crippen LogP contribution in [0.25, 0.3) is 11.0 Å². The number of fused-ring (bicyclic) bond motifs is 1. The highest BCUT2D eigenvalue weighted by atomic mass is 79.9. The Morgan fingerprint density at radius 1 is 1.04 bits per heavy atom. The van der Waals surface area contributed by atoms with Gasteiger partial charge >= 0.3 is 0 Å². The molecule has 0 radical (unpaired) electrons. The lowest BCUT2D eigenvalue weighted by atomic mass is 10.1. The molecule has 4 heteroatoms. The Labute approximate surface area is 156 Å². The average molecular weight is 400 g/mol. The van der Waals surface area contributed by atoms with Crippen LogP contribution < -0.4 is 5.32 Å². The molecule has 0 aliphatic carbocycles. The molecular formula is C21H22BrNO2. The summed E-state index contributed by atoms with van der Waals surface area (Å²) in [5.74, 6) is 0.291. The van der Waals surface area contributed by atoms with Gasteiger partial charge in [0.1, 0.15) is 5.58 Å². The Balaban J connectivity index is 1.89. The molecule has 0 atom stereocenters. The van der Waals surface area contributed by atoms with Crippen molar-refractivity contribution in [1.29, 1.82) is 0 Å². The van der Waals surface area contributed by atoms with Gasteiger partial charge in [0, 0.05) is 22.0 Å². The lowest BCUT2D eigenvalue weighted by Gasteiger charge is -2.07. The van der Waals surface area contributed by atoms with Crippen molar-refractivity contribution < 1.29 is 9.21 Å². The van der Waals surface area contributed by atoms with Crippen LogP contribution in [0.3, 0.4) is 0 Å². The molecule has 3 rings (SSSR count). The molecule has 1 aromatic heterocycles. The number of carbonyl (C=O) groups excluding carboxylic acids is 1. The predicted octanol–water partition coefficient (Wildman–Crippen LogP) is 6.42. The fraction of sp³-hybridized carbons (Fsp3) is 0.286. The number of hydrogen-bond donors (Lipinski definition) is 1. The number of furan rings is 1. The number of rotatable bonds is 8. The minimum atomic E-state index is -0.0974. The van der Waals surface area contributed by atoms with Gasteiger partial charge in [0.2, 0.25) is 5.78 Å². The van der Waals surface area contributed by atoms with Gasteiger partial charge in [0.05, 0.1) is 5.69 Å². The number of unbranched alkanes of at least 4 members (excludes halogenated alkanes) is 3. The summed E-state index contributed by atoms with van der Waals surface area (Å²) in [6.45, 7) is 3.04. The van der Waals surface area contributed by atoms with Crippen molar-refractivity contribution in [3.05, 3.63) is 64.3 Å². The molecule has 0 fully saturated rings. The molecular weight excluding hydrogens is 378 g/mol. The number of nitrogens with one attached hydrogen (secondary N) is 1. The Morgan fingerprint density at radius 3 is 2.56 bits per heavy atom. The van der Waals surface area contributed by atoms with Crippen LogP contribution in [0, 0.1) is 0 Å². The van der Waals surface area contributed by atoms with Crippen molar-refractivity contribution in [3.63, 3.8) is 0 Å². The first-order chi connectivity index (χ1) is 12.2. The zero-order chi connectivity index (χ0) is 17.6. The van der Waals surface area contributed by atoms with Crippen LogP contribution in [0.15, 0.2) is 57.4 Å². The van der Waals surface area contributed by atoms with Crippen LogP contribution in [0.5, 0.6) is 0 Å². The van der Waals surface area contributed by atoms with Gasteiger partial charge < -0.3 is 9.73 Å². The van der Waals surface area contributed by atoms with Crippen molar-refractivity contribution in [3.8, 4) is 0 Å². The lowest BCUT2D eigenvalue weighted by molar-refractivity contribution is 0.101. The van der Waals surface area contributed by atoms with E-state index in [0.29, 0.717) is 11.3 Å². The smallest absolute Gasteiger partial charge is 0.230 e. The Hall–Kier alpha value is -2.07. The van der Waals surface area contributed by atoms with Crippen molar-refractivity contribution >= 4 is 38.4 Å². The summed E-state index contributed by atoms with van der Waals surface area (Å²) in [4.78, 5) is 12.9. The standard InChI is InChI=1S/C21H22BrNO2/c1-2-3-4-7-14-23-19-17-8-5-6-9-18(17)25-21(19)20(24)15-10-12-16(22)13-11-15/h5-6,8-13,23H,2-4,7,14H2,1H3. The number of para-hydroxylation sites is 1. The number of hydrogen-bond acceptors (Lipinski definition) is 3. The third kappa shape index (κ3) is 4.13. The van der Waals surface area contributed by atoms with E-state index >= 15 is 0 Å². The van der Waals surface area contributed by atoms with E-state index in [1.807, 2.05) is 48.5 Å².